The topological polar surface area (TPSA) is 79.3 Å². The second-order valence-corrected chi connectivity index (χ2v) is 8.65. The number of likely N-dealkylation sites (tertiary alicyclic amines) is 1. The summed E-state index contributed by atoms with van der Waals surface area (Å²) in [5.74, 6) is 0.363. The Morgan fingerprint density at radius 2 is 1.81 bits per heavy atom. The van der Waals surface area contributed by atoms with Crippen molar-refractivity contribution < 1.29 is 24.2 Å². The highest BCUT2D eigenvalue weighted by molar-refractivity contribution is 6.09. The molecule has 0 aromatic heterocycles. The van der Waals surface area contributed by atoms with E-state index in [2.05, 4.69) is 0 Å². The number of aliphatic hydroxyl groups excluding tert-OH is 1. The third-order valence-corrected chi connectivity index (χ3v) is 7.09. The maximum Gasteiger partial charge on any atom is 0.262 e. The molecule has 2 fully saturated rings. The zero-order valence-electron chi connectivity index (χ0n) is 18.1. The molecule has 0 aliphatic carbocycles. The lowest BCUT2D eigenvalue weighted by molar-refractivity contribution is -0.157. The van der Waals surface area contributed by atoms with Crippen molar-refractivity contribution in [2.24, 2.45) is 5.92 Å². The van der Waals surface area contributed by atoms with Gasteiger partial charge < -0.3 is 24.4 Å². The van der Waals surface area contributed by atoms with Crippen LogP contribution < -0.4 is 9.64 Å². The highest BCUT2D eigenvalue weighted by Gasteiger charge is 2.56. The number of para-hydroxylation sites is 2. The summed E-state index contributed by atoms with van der Waals surface area (Å²) in [7, 11) is 1.55. The summed E-state index contributed by atoms with van der Waals surface area (Å²) in [6.07, 6.45) is 1.40. The monoisotopic (exact) mass is 436 g/mol. The molecule has 0 saturated carbocycles. The van der Waals surface area contributed by atoms with E-state index in [1.807, 2.05) is 41.3 Å². The summed E-state index contributed by atoms with van der Waals surface area (Å²) in [6, 6.07) is 14.6. The van der Waals surface area contributed by atoms with Crippen LogP contribution in [-0.2, 0) is 9.53 Å². The first-order chi connectivity index (χ1) is 15.7. The number of methoxy groups -OCH3 is 1. The highest BCUT2D eigenvalue weighted by atomic mass is 16.5. The Kier molecular flexibility index (Phi) is 5.61. The number of carbonyl (C=O) groups is 2. The highest BCUT2D eigenvalue weighted by Crippen LogP contribution is 2.49. The summed E-state index contributed by atoms with van der Waals surface area (Å²) in [4.78, 5) is 30.6. The van der Waals surface area contributed by atoms with E-state index in [9.17, 15) is 14.7 Å². The smallest absolute Gasteiger partial charge is 0.262 e. The average molecular weight is 437 g/mol. The maximum atomic E-state index is 13.6. The third kappa shape index (κ3) is 3.27. The van der Waals surface area contributed by atoms with Crippen molar-refractivity contribution >= 4 is 17.5 Å². The molecule has 2 amide bonds. The molecule has 32 heavy (non-hydrogen) atoms. The van der Waals surface area contributed by atoms with Crippen LogP contribution in [0.4, 0.5) is 5.69 Å². The lowest BCUT2D eigenvalue weighted by Crippen LogP contribution is -2.71. The number of ether oxygens (including phenoxy) is 2. The number of hydrogen-bond donors (Lipinski definition) is 1. The molecule has 5 rings (SSSR count). The van der Waals surface area contributed by atoms with Crippen LogP contribution in [0.5, 0.6) is 5.75 Å². The van der Waals surface area contributed by atoms with Crippen molar-refractivity contribution in [3.63, 3.8) is 0 Å². The standard InChI is InChI=1S/C25H28N2O5/c1-31-22-9-5-3-7-18(22)25(30)26-14-20-23(17-6-2-4-8-19(17)26)21(15-28)27(20)24(29)16-10-12-32-13-11-16/h2-9,16,20-21,23,28H,10-15H2,1H3/t20-,21-,23+/m1/s1. The number of nitrogens with zero attached hydrogens (tertiary/aromatic N) is 2. The first-order valence-corrected chi connectivity index (χ1v) is 11.2. The molecule has 2 aromatic carbocycles. The summed E-state index contributed by atoms with van der Waals surface area (Å²) < 4.78 is 10.8. The normalized spacial score (nSPS) is 24.9. The lowest BCUT2D eigenvalue weighted by Gasteiger charge is -2.59. The van der Waals surface area contributed by atoms with Gasteiger partial charge >= 0.3 is 0 Å². The molecule has 0 radical (unpaired) electrons. The molecule has 2 aromatic rings. The Hall–Kier alpha value is -2.90. The zero-order chi connectivity index (χ0) is 22.2. The fourth-order valence-corrected chi connectivity index (χ4v) is 5.51. The van der Waals surface area contributed by atoms with Crippen molar-refractivity contribution in [1.29, 1.82) is 0 Å². The molecule has 7 heteroatoms. The second kappa shape index (κ2) is 8.56. The zero-order valence-corrected chi connectivity index (χ0v) is 18.1. The Bertz CT molecular complexity index is 1020. The number of rotatable bonds is 4. The molecule has 3 atom stereocenters. The van der Waals surface area contributed by atoms with Crippen LogP contribution in [0.25, 0.3) is 0 Å². The Morgan fingerprint density at radius 1 is 1.09 bits per heavy atom. The van der Waals surface area contributed by atoms with Gasteiger partial charge in [0.2, 0.25) is 5.91 Å². The number of carbonyl (C=O) groups excluding carboxylic acids is 2. The quantitative estimate of drug-likeness (QED) is 0.797. The number of aliphatic hydroxyl groups is 1. The van der Waals surface area contributed by atoms with E-state index in [-0.39, 0.29) is 42.3 Å². The first kappa shape index (κ1) is 21.0. The van der Waals surface area contributed by atoms with E-state index >= 15 is 0 Å². The molecule has 0 bridgehead atoms. The number of anilines is 1. The molecular weight excluding hydrogens is 408 g/mol. The van der Waals surface area contributed by atoms with Crippen LogP contribution in [-0.4, -0.2) is 67.4 Å². The van der Waals surface area contributed by atoms with Gasteiger partial charge in [-0.1, -0.05) is 30.3 Å². The van der Waals surface area contributed by atoms with Gasteiger partial charge in [0.1, 0.15) is 5.75 Å². The van der Waals surface area contributed by atoms with Crippen molar-refractivity contribution in [3.05, 3.63) is 59.7 Å². The van der Waals surface area contributed by atoms with E-state index < -0.39 is 0 Å². The van der Waals surface area contributed by atoms with Crippen LogP contribution in [0, 0.1) is 5.92 Å². The van der Waals surface area contributed by atoms with Gasteiger partial charge in [-0.3, -0.25) is 9.59 Å². The van der Waals surface area contributed by atoms with E-state index in [1.54, 1.807) is 24.1 Å². The summed E-state index contributed by atoms with van der Waals surface area (Å²) in [5.41, 5.74) is 2.33. The van der Waals surface area contributed by atoms with Crippen LogP contribution in [0.3, 0.4) is 0 Å². The summed E-state index contributed by atoms with van der Waals surface area (Å²) in [6.45, 7) is 1.47. The Balaban J connectivity index is 1.50. The van der Waals surface area contributed by atoms with E-state index in [4.69, 9.17) is 9.47 Å². The van der Waals surface area contributed by atoms with Gasteiger partial charge in [0.15, 0.2) is 0 Å². The minimum Gasteiger partial charge on any atom is -0.496 e. The summed E-state index contributed by atoms with van der Waals surface area (Å²) in [5, 5.41) is 10.2. The third-order valence-electron chi connectivity index (χ3n) is 7.09. The summed E-state index contributed by atoms with van der Waals surface area (Å²) >= 11 is 0. The van der Waals surface area contributed by atoms with Gasteiger partial charge in [-0.2, -0.15) is 0 Å². The minimum atomic E-state index is -0.264. The second-order valence-electron chi connectivity index (χ2n) is 8.65. The number of fused-ring (bicyclic) bond motifs is 3. The molecule has 1 N–H and O–H groups in total. The van der Waals surface area contributed by atoms with Crippen LogP contribution in [0.2, 0.25) is 0 Å². The van der Waals surface area contributed by atoms with Gasteiger partial charge in [0.25, 0.3) is 5.91 Å². The maximum absolute atomic E-state index is 13.6. The molecule has 0 unspecified atom stereocenters. The molecule has 168 valence electrons. The first-order valence-electron chi connectivity index (χ1n) is 11.2. The molecule has 3 aliphatic heterocycles. The largest absolute Gasteiger partial charge is 0.496 e. The number of amides is 2. The van der Waals surface area contributed by atoms with Crippen molar-refractivity contribution in [2.75, 3.05) is 38.4 Å². The van der Waals surface area contributed by atoms with Crippen molar-refractivity contribution in [2.45, 2.75) is 30.8 Å². The molecule has 7 nitrogen and oxygen atoms in total. The number of benzene rings is 2. The molecule has 3 heterocycles. The fourth-order valence-electron chi connectivity index (χ4n) is 5.51. The Labute approximate surface area is 187 Å². The van der Waals surface area contributed by atoms with Gasteiger partial charge in [-0.05, 0) is 36.6 Å². The van der Waals surface area contributed by atoms with Crippen LogP contribution in [0.15, 0.2) is 48.5 Å². The predicted octanol–water partition coefficient (Wildman–Crippen LogP) is 2.44. The Morgan fingerprint density at radius 3 is 2.56 bits per heavy atom. The minimum absolute atomic E-state index is 0.0155. The van der Waals surface area contributed by atoms with Gasteiger partial charge in [-0.15, -0.1) is 0 Å². The fraction of sp³-hybridized carbons (Fsp3) is 0.440. The predicted molar refractivity (Wildman–Crippen MR) is 119 cm³/mol. The van der Waals surface area contributed by atoms with E-state index in [0.29, 0.717) is 43.9 Å². The van der Waals surface area contributed by atoms with Crippen molar-refractivity contribution in [1.82, 2.24) is 4.90 Å². The van der Waals surface area contributed by atoms with Crippen LogP contribution >= 0.6 is 0 Å². The number of hydrogen-bond acceptors (Lipinski definition) is 5. The van der Waals surface area contributed by atoms with Crippen LogP contribution in [0.1, 0.15) is 34.7 Å². The SMILES string of the molecule is COc1ccccc1C(=O)N1C[C@@H]2[C@H](c3ccccc31)[C@@H](CO)N2C(=O)C1CCOCC1. The van der Waals surface area contributed by atoms with Gasteiger partial charge in [0, 0.05) is 37.3 Å². The van der Waals surface area contributed by atoms with Gasteiger partial charge in [0.05, 0.1) is 31.4 Å². The van der Waals surface area contributed by atoms with E-state index in [1.165, 1.54) is 0 Å². The lowest BCUT2D eigenvalue weighted by atomic mass is 9.71. The average Bonchev–Trinajstić information content (AvgIpc) is 2.84. The molecule has 3 aliphatic rings. The molecule has 2 saturated heterocycles. The molecule has 0 spiro atoms. The molecular formula is C25H28N2O5. The van der Waals surface area contributed by atoms with E-state index in [0.717, 1.165) is 11.3 Å². The van der Waals surface area contributed by atoms with Crippen molar-refractivity contribution in [3.8, 4) is 5.75 Å². The van der Waals surface area contributed by atoms with Gasteiger partial charge in [-0.25, -0.2) is 0 Å².